The van der Waals surface area contributed by atoms with Crippen LogP contribution in [-0.2, 0) is 0 Å². The van der Waals surface area contributed by atoms with Crippen molar-refractivity contribution in [3.8, 4) is 56.7 Å². The summed E-state index contributed by atoms with van der Waals surface area (Å²) in [6.45, 7) is 7.63. The molecule has 0 saturated heterocycles. The SMILES string of the molecule is [C-]#[N+]c1ccc(-c2cc(-n3c4ccccc4c4ccc5c6ccccc6n(-c6nc(-c7ccccc7)nc(-c7ccc(-c8ccccc8)cc7)n6)c5c43)cc3c2oc2ccccc23)cc1. The summed E-state index contributed by atoms with van der Waals surface area (Å²) < 4.78 is 11.3. The topological polar surface area (TPSA) is 66.0 Å². The molecule has 0 bridgehead atoms. The molecule has 13 rings (SSSR count). The fourth-order valence-corrected chi connectivity index (χ4v) is 9.60. The molecule has 0 radical (unpaired) electrons. The van der Waals surface area contributed by atoms with Gasteiger partial charge in [0.2, 0.25) is 5.95 Å². The van der Waals surface area contributed by atoms with Crippen molar-refractivity contribution in [2.45, 2.75) is 0 Å². The Morgan fingerprint density at radius 1 is 0.400 bits per heavy atom. The molecule has 302 valence electrons. The summed E-state index contributed by atoms with van der Waals surface area (Å²) in [6, 6.07) is 71.1. The van der Waals surface area contributed by atoms with Crippen LogP contribution in [0.5, 0.6) is 0 Å². The predicted octanol–water partition coefficient (Wildman–Crippen LogP) is 15.2. The van der Waals surface area contributed by atoms with Gasteiger partial charge in [0.05, 0.1) is 28.6 Å². The van der Waals surface area contributed by atoms with Gasteiger partial charge >= 0.3 is 0 Å². The number of benzene rings is 9. The average Bonchev–Trinajstić information content (AvgIpc) is 4.04. The molecule has 0 atom stereocenters. The molecule has 0 amide bonds. The van der Waals surface area contributed by atoms with E-state index >= 15 is 0 Å². The molecule has 9 aromatic carbocycles. The zero-order chi connectivity index (χ0) is 43.0. The van der Waals surface area contributed by atoms with E-state index in [1.807, 2.05) is 72.8 Å². The first-order chi connectivity index (χ1) is 32.2. The normalized spacial score (nSPS) is 11.7. The van der Waals surface area contributed by atoms with Crippen LogP contribution in [0, 0.1) is 6.57 Å². The molecule has 0 aliphatic rings. The van der Waals surface area contributed by atoms with Crippen molar-refractivity contribution < 1.29 is 4.42 Å². The van der Waals surface area contributed by atoms with E-state index in [4.69, 9.17) is 25.9 Å². The lowest BCUT2D eigenvalue weighted by molar-refractivity contribution is 0.670. The molecule has 7 heteroatoms. The quantitative estimate of drug-likeness (QED) is 0.157. The van der Waals surface area contributed by atoms with Gasteiger partial charge in [0.1, 0.15) is 11.2 Å². The zero-order valence-corrected chi connectivity index (χ0v) is 34.7. The number of aromatic nitrogens is 5. The van der Waals surface area contributed by atoms with Crippen molar-refractivity contribution in [1.29, 1.82) is 0 Å². The van der Waals surface area contributed by atoms with Crippen LogP contribution in [0.1, 0.15) is 0 Å². The van der Waals surface area contributed by atoms with Gasteiger partial charge in [-0.15, -0.1) is 0 Å². The summed E-state index contributed by atoms with van der Waals surface area (Å²) in [5.74, 6) is 1.69. The molecule has 0 saturated carbocycles. The van der Waals surface area contributed by atoms with Crippen molar-refractivity contribution in [3.05, 3.63) is 218 Å². The van der Waals surface area contributed by atoms with E-state index in [-0.39, 0.29) is 0 Å². The molecule has 0 unspecified atom stereocenters. The maximum Gasteiger partial charge on any atom is 0.238 e. The monoisotopic (exact) mass is 830 g/mol. The number of furan rings is 1. The summed E-state index contributed by atoms with van der Waals surface area (Å²) in [5, 5.41) is 6.44. The van der Waals surface area contributed by atoms with Crippen molar-refractivity contribution in [1.82, 2.24) is 24.1 Å². The third-order valence-electron chi connectivity index (χ3n) is 12.6. The third kappa shape index (κ3) is 5.78. The van der Waals surface area contributed by atoms with Crippen molar-refractivity contribution >= 4 is 71.2 Å². The number of hydrogen-bond acceptors (Lipinski definition) is 4. The van der Waals surface area contributed by atoms with Gasteiger partial charge < -0.3 is 8.98 Å². The Kier molecular flexibility index (Phi) is 8.14. The van der Waals surface area contributed by atoms with Gasteiger partial charge in [-0.05, 0) is 47.0 Å². The minimum absolute atomic E-state index is 0.522. The first-order valence-electron chi connectivity index (χ1n) is 21.6. The Balaban J connectivity index is 1.13. The van der Waals surface area contributed by atoms with E-state index in [9.17, 15) is 0 Å². The van der Waals surface area contributed by atoms with Crippen LogP contribution in [0.25, 0.3) is 127 Å². The van der Waals surface area contributed by atoms with Gasteiger partial charge in [-0.1, -0.05) is 176 Å². The zero-order valence-electron chi connectivity index (χ0n) is 34.7. The minimum Gasteiger partial charge on any atom is -0.455 e. The highest BCUT2D eigenvalue weighted by molar-refractivity contribution is 6.24. The largest absolute Gasteiger partial charge is 0.455 e. The summed E-state index contributed by atoms with van der Waals surface area (Å²) in [6.07, 6.45) is 0. The number of rotatable bonds is 6. The van der Waals surface area contributed by atoms with E-state index in [0.29, 0.717) is 23.3 Å². The maximum atomic E-state index is 7.63. The molecule has 65 heavy (non-hydrogen) atoms. The first-order valence-corrected chi connectivity index (χ1v) is 21.6. The number of nitrogens with zero attached hydrogens (tertiary/aromatic N) is 6. The second kappa shape index (κ2) is 14.5. The van der Waals surface area contributed by atoms with Gasteiger partial charge in [-0.2, -0.15) is 9.97 Å². The van der Waals surface area contributed by atoms with Gasteiger partial charge in [-0.25, -0.2) is 9.83 Å². The Morgan fingerprint density at radius 2 is 0.908 bits per heavy atom. The second-order valence-corrected chi connectivity index (χ2v) is 16.3. The fraction of sp³-hybridized carbons (Fsp3) is 0. The summed E-state index contributed by atoms with van der Waals surface area (Å²) in [7, 11) is 0. The summed E-state index contributed by atoms with van der Waals surface area (Å²) >= 11 is 0. The van der Waals surface area contributed by atoms with Crippen LogP contribution in [0.4, 0.5) is 5.69 Å². The second-order valence-electron chi connectivity index (χ2n) is 16.3. The first kappa shape index (κ1) is 36.5. The van der Waals surface area contributed by atoms with Crippen LogP contribution in [0.2, 0.25) is 0 Å². The van der Waals surface area contributed by atoms with Crippen LogP contribution in [-0.4, -0.2) is 24.1 Å². The molecule has 0 fully saturated rings. The Morgan fingerprint density at radius 3 is 1.57 bits per heavy atom. The van der Waals surface area contributed by atoms with E-state index in [2.05, 4.69) is 147 Å². The van der Waals surface area contributed by atoms with E-state index in [0.717, 1.165) is 105 Å². The van der Waals surface area contributed by atoms with Gasteiger partial charge in [0.15, 0.2) is 17.3 Å². The standard InChI is InChI=1S/C58H34N6O/c1-59-41-30-28-38(29-31-41)48-34-42(35-49-45-20-10-13-23-52(45)65-55(48)49)63-50-21-11-8-18-43(50)46-32-33-47-44-19-9-12-22-51(44)64(54(47)53(46)63)58-61-56(39-16-6-3-7-17-39)60-57(62-58)40-26-24-37(25-27-40)36-14-4-2-5-15-36/h2-35H. The number of para-hydroxylation sites is 3. The fourth-order valence-electron chi connectivity index (χ4n) is 9.60. The van der Waals surface area contributed by atoms with E-state index < -0.39 is 0 Å². The summed E-state index contributed by atoms with van der Waals surface area (Å²) in [4.78, 5) is 19.5. The lowest BCUT2D eigenvalue weighted by atomic mass is 10.0. The van der Waals surface area contributed by atoms with Crippen LogP contribution in [0.3, 0.4) is 0 Å². The molecule has 7 nitrogen and oxygen atoms in total. The highest BCUT2D eigenvalue weighted by Gasteiger charge is 2.25. The van der Waals surface area contributed by atoms with E-state index in [1.54, 1.807) is 0 Å². The van der Waals surface area contributed by atoms with Crippen LogP contribution in [0.15, 0.2) is 211 Å². The van der Waals surface area contributed by atoms with Crippen molar-refractivity contribution in [3.63, 3.8) is 0 Å². The molecule has 13 aromatic rings. The molecule has 0 aliphatic carbocycles. The average molecular weight is 831 g/mol. The third-order valence-corrected chi connectivity index (χ3v) is 12.6. The maximum absolute atomic E-state index is 7.63. The lowest BCUT2D eigenvalue weighted by Crippen LogP contribution is -2.07. The molecular weight excluding hydrogens is 797 g/mol. The predicted molar refractivity (Wildman–Crippen MR) is 264 cm³/mol. The molecule has 0 spiro atoms. The number of hydrogen-bond donors (Lipinski definition) is 0. The lowest BCUT2D eigenvalue weighted by Gasteiger charge is -2.14. The molecule has 4 aromatic heterocycles. The Labute approximate surface area is 372 Å². The van der Waals surface area contributed by atoms with Gasteiger partial charge in [0.25, 0.3) is 0 Å². The molecule has 4 heterocycles. The highest BCUT2D eigenvalue weighted by atomic mass is 16.3. The van der Waals surface area contributed by atoms with Gasteiger partial charge in [0, 0.05) is 54.7 Å². The summed E-state index contributed by atoms with van der Waals surface area (Å²) in [5.41, 5.74) is 13.2. The van der Waals surface area contributed by atoms with Crippen LogP contribution < -0.4 is 0 Å². The molecule has 0 aliphatic heterocycles. The molecular formula is C58H34N6O. The Bertz CT molecular complexity index is 4050. The smallest absolute Gasteiger partial charge is 0.238 e. The van der Waals surface area contributed by atoms with Crippen LogP contribution >= 0.6 is 0 Å². The van der Waals surface area contributed by atoms with Crippen molar-refractivity contribution in [2.75, 3.05) is 0 Å². The van der Waals surface area contributed by atoms with Crippen molar-refractivity contribution in [2.24, 2.45) is 0 Å². The van der Waals surface area contributed by atoms with Gasteiger partial charge in [-0.3, -0.25) is 4.57 Å². The number of fused-ring (bicyclic) bond motifs is 10. The molecule has 0 N–H and O–H groups in total. The minimum atomic E-state index is 0.522. The highest BCUT2D eigenvalue weighted by Crippen LogP contribution is 2.44. The Hall–Kier alpha value is -9.12. The van der Waals surface area contributed by atoms with E-state index in [1.165, 1.54) is 0 Å².